The van der Waals surface area contributed by atoms with Gasteiger partial charge in [0.25, 0.3) is 5.91 Å². The Labute approximate surface area is 142 Å². The number of aryl methyl sites for hydroxylation is 1. The molecule has 0 aliphatic carbocycles. The van der Waals surface area contributed by atoms with Gasteiger partial charge < -0.3 is 10.6 Å². The summed E-state index contributed by atoms with van der Waals surface area (Å²) >= 11 is 0. The predicted molar refractivity (Wildman–Crippen MR) is 93.2 cm³/mol. The molecule has 3 amide bonds. The maximum Gasteiger partial charge on any atom is 0.321 e. The van der Waals surface area contributed by atoms with E-state index in [1.807, 2.05) is 54.7 Å². The van der Waals surface area contributed by atoms with Gasteiger partial charge in [-0.15, -0.1) is 0 Å². The summed E-state index contributed by atoms with van der Waals surface area (Å²) in [5, 5.41) is 6.94. The van der Waals surface area contributed by atoms with Crippen molar-refractivity contribution < 1.29 is 14.9 Å². The van der Waals surface area contributed by atoms with Crippen LogP contribution in [0.1, 0.15) is 29.7 Å². The first kappa shape index (κ1) is 17.7. The highest BCUT2D eigenvalue weighted by Gasteiger charge is 2.25. The molecule has 1 atom stereocenters. The van der Waals surface area contributed by atoms with Crippen LogP contribution in [0.15, 0.2) is 54.6 Å². The molecule has 0 bridgehead atoms. The van der Waals surface area contributed by atoms with Crippen LogP contribution in [0.4, 0.5) is 4.79 Å². The van der Waals surface area contributed by atoms with Crippen molar-refractivity contribution in [3.8, 4) is 0 Å². The minimum absolute atomic E-state index is 0.319. The van der Waals surface area contributed by atoms with Crippen LogP contribution in [0.25, 0.3) is 0 Å². The maximum absolute atomic E-state index is 12.5. The van der Waals surface area contributed by atoms with Crippen molar-refractivity contribution in [2.24, 2.45) is 0 Å². The number of quaternary nitrogens is 1. The molecule has 0 spiro atoms. The van der Waals surface area contributed by atoms with Crippen molar-refractivity contribution in [2.75, 3.05) is 6.54 Å². The molecule has 24 heavy (non-hydrogen) atoms. The fourth-order valence-corrected chi connectivity index (χ4v) is 2.53. The zero-order valence-electron chi connectivity index (χ0n) is 14.1. The Morgan fingerprint density at radius 2 is 1.71 bits per heavy atom. The largest absolute Gasteiger partial charge is 0.338 e. The van der Waals surface area contributed by atoms with Crippen molar-refractivity contribution in [2.45, 2.75) is 26.4 Å². The van der Waals surface area contributed by atoms with Gasteiger partial charge in [0, 0.05) is 17.7 Å². The molecule has 4 N–H and O–H groups in total. The second kappa shape index (κ2) is 8.84. The summed E-state index contributed by atoms with van der Waals surface area (Å²) in [6.45, 7) is 5.00. The smallest absolute Gasteiger partial charge is 0.321 e. The van der Waals surface area contributed by atoms with Crippen LogP contribution in [0.2, 0.25) is 0 Å². The monoisotopic (exact) mass is 326 g/mol. The lowest BCUT2D eigenvalue weighted by molar-refractivity contribution is -0.698. The first-order chi connectivity index (χ1) is 11.6. The Bertz CT molecular complexity index is 686. The molecule has 0 fully saturated rings. The molecule has 0 saturated heterocycles. The highest BCUT2D eigenvalue weighted by atomic mass is 16.2. The molecule has 0 aliphatic heterocycles. The number of carbonyl (C=O) groups is 2. The van der Waals surface area contributed by atoms with Crippen molar-refractivity contribution in [1.29, 1.82) is 0 Å². The fraction of sp³-hybridized carbons (Fsp3) is 0.263. The Kier molecular flexibility index (Phi) is 6.51. The van der Waals surface area contributed by atoms with E-state index in [-0.39, 0.29) is 5.91 Å². The molecule has 5 heteroatoms. The number of carbonyl (C=O) groups excluding carboxylic acids is 2. The van der Waals surface area contributed by atoms with Crippen molar-refractivity contribution in [3.63, 3.8) is 0 Å². The molecule has 0 aromatic heterocycles. The molecule has 0 unspecified atom stereocenters. The van der Waals surface area contributed by atoms with Gasteiger partial charge in [0.05, 0.1) is 0 Å². The van der Waals surface area contributed by atoms with E-state index in [1.54, 1.807) is 0 Å². The van der Waals surface area contributed by atoms with Gasteiger partial charge in [-0.25, -0.2) is 4.79 Å². The molecule has 0 saturated carbocycles. The first-order valence-electron chi connectivity index (χ1n) is 8.13. The molecule has 2 rings (SSSR count). The lowest BCUT2D eigenvalue weighted by atomic mass is 10.0. The molecule has 5 nitrogen and oxygen atoms in total. The average Bonchev–Trinajstić information content (AvgIpc) is 2.58. The third kappa shape index (κ3) is 4.93. The lowest BCUT2D eigenvalue weighted by Gasteiger charge is -2.16. The Morgan fingerprint density at radius 1 is 1.04 bits per heavy atom. The van der Waals surface area contributed by atoms with Crippen molar-refractivity contribution in [3.05, 3.63) is 71.3 Å². The van der Waals surface area contributed by atoms with Gasteiger partial charge >= 0.3 is 6.03 Å². The van der Waals surface area contributed by atoms with Crippen LogP contribution < -0.4 is 16.0 Å². The summed E-state index contributed by atoms with van der Waals surface area (Å²) in [5.41, 5.74) is 3.22. The normalized spacial score (nSPS) is 11.6. The third-order valence-electron chi connectivity index (χ3n) is 3.85. The quantitative estimate of drug-likeness (QED) is 0.755. The van der Waals surface area contributed by atoms with Crippen LogP contribution in [0, 0.1) is 6.92 Å². The minimum Gasteiger partial charge on any atom is -0.338 e. The predicted octanol–water partition coefficient (Wildman–Crippen LogP) is 1.65. The molecule has 0 radical (unpaired) electrons. The summed E-state index contributed by atoms with van der Waals surface area (Å²) in [6.07, 6.45) is 0. The number of benzene rings is 2. The summed E-state index contributed by atoms with van der Waals surface area (Å²) in [4.78, 5) is 24.2. The highest BCUT2D eigenvalue weighted by molar-refractivity contribution is 5.96. The van der Waals surface area contributed by atoms with Gasteiger partial charge in [-0.3, -0.25) is 10.1 Å². The second-order valence-electron chi connectivity index (χ2n) is 5.60. The van der Waals surface area contributed by atoms with Crippen LogP contribution in [-0.2, 0) is 11.3 Å². The molecule has 2 aromatic rings. The standard InChI is InChI=1S/C19H23N3O2/c1-3-20-19(24)22-18(23)17(15-10-5-4-6-11-15)21-13-16-12-8-7-9-14(16)2/h4-12,17,21H,3,13H2,1-2H3,(H2,20,22,23,24)/p+1/t17-/m1/s1. The Balaban J connectivity index is 2.13. The van der Waals surface area contributed by atoms with Gasteiger partial charge in [0.2, 0.25) is 0 Å². The van der Waals surface area contributed by atoms with E-state index in [9.17, 15) is 9.59 Å². The number of urea groups is 1. The molecular weight excluding hydrogens is 302 g/mol. The van der Waals surface area contributed by atoms with Gasteiger partial charge in [-0.1, -0.05) is 54.6 Å². The molecule has 0 heterocycles. The molecule has 2 aromatic carbocycles. The average molecular weight is 326 g/mol. The van der Waals surface area contributed by atoms with Crippen LogP contribution in [-0.4, -0.2) is 18.5 Å². The van der Waals surface area contributed by atoms with Crippen LogP contribution in [0.5, 0.6) is 0 Å². The van der Waals surface area contributed by atoms with E-state index in [1.165, 1.54) is 11.1 Å². The number of nitrogens with two attached hydrogens (primary N) is 1. The number of hydrogen-bond acceptors (Lipinski definition) is 2. The summed E-state index contributed by atoms with van der Waals surface area (Å²) in [6, 6.07) is 16.6. The number of hydrogen-bond donors (Lipinski definition) is 3. The van der Waals surface area contributed by atoms with Crippen molar-refractivity contribution in [1.82, 2.24) is 10.6 Å². The van der Waals surface area contributed by atoms with Crippen molar-refractivity contribution >= 4 is 11.9 Å². The van der Waals surface area contributed by atoms with Crippen LogP contribution >= 0.6 is 0 Å². The highest BCUT2D eigenvalue weighted by Crippen LogP contribution is 2.10. The topological polar surface area (TPSA) is 74.8 Å². The number of nitrogens with one attached hydrogen (secondary N) is 2. The summed E-state index contributed by atoms with van der Waals surface area (Å²) < 4.78 is 0. The van der Waals surface area contributed by atoms with Crippen LogP contribution in [0.3, 0.4) is 0 Å². The molecule has 126 valence electrons. The number of amides is 3. The fourth-order valence-electron chi connectivity index (χ4n) is 2.53. The third-order valence-corrected chi connectivity index (χ3v) is 3.85. The minimum atomic E-state index is -0.478. The van der Waals surface area contributed by atoms with E-state index in [2.05, 4.69) is 29.7 Å². The molecule has 0 aliphatic rings. The lowest BCUT2D eigenvalue weighted by Crippen LogP contribution is -2.86. The van der Waals surface area contributed by atoms with Gasteiger partial charge in [-0.2, -0.15) is 0 Å². The Morgan fingerprint density at radius 3 is 2.38 bits per heavy atom. The number of imide groups is 1. The second-order valence-corrected chi connectivity index (χ2v) is 5.60. The molecular formula is C19H24N3O2+. The summed E-state index contributed by atoms with van der Waals surface area (Å²) in [5.74, 6) is -0.319. The van der Waals surface area contributed by atoms with E-state index in [0.717, 1.165) is 5.56 Å². The van der Waals surface area contributed by atoms with Gasteiger partial charge in [0.1, 0.15) is 6.54 Å². The summed E-state index contributed by atoms with van der Waals surface area (Å²) in [7, 11) is 0. The van der Waals surface area contributed by atoms with E-state index < -0.39 is 12.1 Å². The van der Waals surface area contributed by atoms with Gasteiger partial charge in [-0.05, 0) is 19.4 Å². The number of rotatable bonds is 6. The van der Waals surface area contributed by atoms with E-state index in [0.29, 0.717) is 13.1 Å². The zero-order chi connectivity index (χ0) is 17.4. The van der Waals surface area contributed by atoms with E-state index >= 15 is 0 Å². The maximum atomic E-state index is 12.5. The zero-order valence-corrected chi connectivity index (χ0v) is 14.1. The van der Waals surface area contributed by atoms with Gasteiger partial charge in [0.15, 0.2) is 6.04 Å². The first-order valence-corrected chi connectivity index (χ1v) is 8.13. The Hall–Kier alpha value is -2.66. The van der Waals surface area contributed by atoms with E-state index in [4.69, 9.17) is 0 Å². The SMILES string of the molecule is CCNC(=O)NC(=O)[C@H]([NH2+]Cc1ccccc1C)c1ccccc1.